The fraction of sp³-hybridized carbons (Fsp3) is 0.600. The van der Waals surface area contributed by atoms with Gasteiger partial charge in [-0.1, -0.05) is 12.2 Å². The molecule has 0 saturated carbocycles. The molecule has 0 aromatic rings. The van der Waals surface area contributed by atoms with Crippen molar-refractivity contribution in [1.82, 2.24) is 4.90 Å². The van der Waals surface area contributed by atoms with Crippen LogP contribution < -0.4 is 0 Å². The number of nitrogens with zero attached hydrogens (tertiary/aromatic N) is 1. The third-order valence-electron chi connectivity index (χ3n) is 1.94. The highest BCUT2D eigenvalue weighted by Gasteiger charge is 2.03. The largest absolute Gasteiger partial charge is 0.299 e. The Morgan fingerprint density at radius 1 is 1.45 bits per heavy atom. The summed E-state index contributed by atoms with van der Waals surface area (Å²) in [6, 6.07) is 0. The molecule has 1 aliphatic heterocycles. The second-order valence-corrected chi connectivity index (χ2v) is 2.87. The Hall–Kier alpha value is -0.740. The Morgan fingerprint density at radius 3 is 3.00 bits per heavy atom. The van der Waals surface area contributed by atoms with Gasteiger partial charge in [0.25, 0.3) is 0 Å². The van der Waals surface area contributed by atoms with Crippen LogP contribution >= 0.6 is 0 Å². The van der Waals surface area contributed by atoms with E-state index in [1.165, 1.54) is 13.0 Å². The van der Waals surface area contributed by atoms with E-state index in [1.54, 1.807) is 0 Å². The molecule has 1 aliphatic rings. The van der Waals surface area contributed by atoms with Gasteiger partial charge in [0.2, 0.25) is 0 Å². The van der Waals surface area contributed by atoms with Gasteiger partial charge in [0.1, 0.15) is 0 Å². The molecule has 0 saturated heterocycles. The lowest BCUT2D eigenvalue weighted by Crippen LogP contribution is -2.28. The first kappa shape index (κ1) is 8.36. The number of hydrogen-bond donors (Lipinski definition) is 0. The summed E-state index contributed by atoms with van der Waals surface area (Å²) in [4.78, 5) is 2.44. The fourth-order valence-corrected chi connectivity index (χ4v) is 1.30. The minimum absolute atomic E-state index is 0.917. The normalized spacial score (nSPS) is 18.1. The molecular weight excluding hydrogens is 134 g/mol. The molecule has 0 aromatic carbocycles. The van der Waals surface area contributed by atoms with Gasteiger partial charge in [0, 0.05) is 19.5 Å². The molecule has 0 spiro atoms. The zero-order chi connectivity index (χ0) is 7.94. The van der Waals surface area contributed by atoms with Crippen molar-refractivity contribution < 1.29 is 0 Å². The molecule has 11 heavy (non-hydrogen) atoms. The minimum atomic E-state index is 0.917. The van der Waals surface area contributed by atoms with E-state index in [0.717, 1.165) is 25.9 Å². The van der Waals surface area contributed by atoms with Gasteiger partial charge in [-0.15, -0.1) is 12.3 Å². The number of terminal acetylenes is 1. The average molecular weight is 149 g/mol. The van der Waals surface area contributed by atoms with Crippen molar-refractivity contribution in [3.63, 3.8) is 0 Å². The van der Waals surface area contributed by atoms with Gasteiger partial charge >= 0.3 is 0 Å². The highest BCUT2D eigenvalue weighted by atomic mass is 15.1. The van der Waals surface area contributed by atoms with Gasteiger partial charge in [0.15, 0.2) is 0 Å². The van der Waals surface area contributed by atoms with Crippen LogP contribution in [0.25, 0.3) is 0 Å². The van der Waals surface area contributed by atoms with E-state index >= 15 is 0 Å². The maximum absolute atomic E-state index is 5.16. The van der Waals surface area contributed by atoms with Crippen molar-refractivity contribution in [3.8, 4) is 12.3 Å². The summed E-state index contributed by atoms with van der Waals surface area (Å²) in [6.07, 6.45) is 12.9. The molecule has 1 heterocycles. The van der Waals surface area contributed by atoms with E-state index in [4.69, 9.17) is 6.42 Å². The molecule has 0 aliphatic carbocycles. The lowest BCUT2D eigenvalue weighted by Gasteiger charge is -2.22. The Bertz CT molecular complexity index is 164. The predicted octanol–water partition coefficient (Wildman–Crippen LogP) is 1.66. The summed E-state index contributed by atoms with van der Waals surface area (Å²) >= 11 is 0. The lowest BCUT2D eigenvalue weighted by molar-refractivity contribution is 0.296. The molecule has 0 atom stereocenters. The molecule has 0 N–H and O–H groups in total. The van der Waals surface area contributed by atoms with Crippen LogP contribution in [-0.4, -0.2) is 24.5 Å². The number of rotatable bonds is 3. The zero-order valence-electron chi connectivity index (χ0n) is 6.92. The van der Waals surface area contributed by atoms with Gasteiger partial charge < -0.3 is 0 Å². The van der Waals surface area contributed by atoms with E-state index in [9.17, 15) is 0 Å². The Labute approximate surface area is 69.1 Å². The third-order valence-corrected chi connectivity index (χ3v) is 1.94. The number of unbranched alkanes of at least 4 members (excludes halogenated alkanes) is 1. The van der Waals surface area contributed by atoms with Crippen molar-refractivity contribution in [3.05, 3.63) is 12.2 Å². The van der Waals surface area contributed by atoms with E-state index in [1.807, 2.05) is 0 Å². The van der Waals surface area contributed by atoms with Crippen molar-refractivity contribution >= 4 is 0 Å². The number of hydrogen-bond acceptors (Lipinski definition) is 1. The Morgan fingerprint density at radius 2 is 2.36 bits per heavy atom. The molecule has 60 valence electrons. The second-order valence-electron chi connectivity index (χ2n) is 2.87. The molecule has 1 nitrogen and oxygen atoms in total. The SMILES string of the molecule is C#CCCCN1CC=CCC1. The second kappa shape index (κ2) is 4.98. The molecule has 0 radical (unpaired) electrons. The van der Waals surface area contributed by atoms with Crippen molar-refractivity contribution in [2.75, 3.05) is 19.6 Å². The average Bonchev–Trinajstić information content (AvgIpc) is 2.07. The van der Waals surface area contributed by atoms with Crippen LogP contribution in [0.3, 0.4) is 0 Å². The van der Waals surface area contributed by atoms with Crippen molar-refractivity contribution in [2.45, 2.75) is 19.3 Å². The Balaban J connectivity index is 2.07. The topological polar surface area (TPSA) is 3.24 Å². The summed E-state index contributed by atoms with van der Waals surface area (Å²) in [5.41, 5.74) is 0. The summed E-state index contributed by atoms with van der Waals surface area (Å²) in [5, 5.41) is 0. The van der Waals surface area contributed by atoms with Crippen molar-refractivity contribution in [1.29, 1.82) is 0 Å². The van der Waals surface area contributed by atoms with Gasteiger partial charge in [-0.05, 0) is 19.4 Å². The van der Waals surface area contributed by atoms with Gasteiger partial charge in [-0.3, -0.25) is 4.90 Å². The van der Waals surface area contributed by atoms with Crippen LogP contribution in [-0.2, 0) is 0 Å². The predicted molar refractivity (Wildman–Crippen MR) is 48.3 cm³/mol. The summed E-state index contributed by atoms with van der Waals surface area (Å²) in [5.74, 6) is 2.66. The first-order chi connectivity index (χ1) is 5.43. The van der Waals surface area contributed by atoms with Crippen molar-refractivity contribution in [2.24, 2.45) is 0 Å². The summed E-state index contributed by atoms with van der Waals surface area (Å²) in [7, 11) is 0. The van der Waals surface area contributed by atoms with Gasteiger partial charge in [-0.25, -0.2) is 0 Å². The molecule has 1 heteroatoms. The van der Waals surface area contributed by atoms with Crippen LogP contribution in [0.15, 0.2) is 12.2 Å². The first-order valence-corrected chi connectivity index (χ1v) is 4.24. The van der Waals surface area contributed by atoms with Crippen LogP contribution in [0.4, 0.5) is 0 Å². The summed E-state index contributed by atoms with van der Waals surface area (Å²) in [6.45, 7) is 3.49. The van der Waals surface area contributed by atoms with Crippen LogP contribution in [0, 0.1) is 12.3 Å². The highest BCUT2D eigenvalue weighted by Crippen LogP contribution is 2.02. The molecule has 1 rings (SSSR count). The van der Waals surface area contributed by atoms with Gasteiger partial charge in [0.05, 0.1) is 0 Å². The minimum Gasteiger partial charge on any atom is -0.299 e. The lowest BCUT2D eigenvalue weighted by atomic mass is 10.2. The Kier molecular flexibility index (Phi) is 3.79. The fourth-order valence-electron chi connectivity index (χ4n) is 1.30. The molecule has 0 aromatic heterocycles. The standard InChI is InChI=1S/C10H15N/c1-2-3-5-8-11-9-6-4-7-10-11/h1,4,6H,3,5,7-10H2. The quantitative estimate of drug-likeness (QED) is 0.335. The van der Waals surface area contributed by atoms with Crippen LogP contribution in [0.5, 0.6) is 0 Å². The van der Waals surface area contributed by atoms with Crippen LogP contribution in [0.1, 0.15) is 19.3 Å². The smallest absolute Gasteiger partial charge is 0.0163 e. The molecule has 0 fully saturated rings. The monoisotopic (exact) mass is 149 g/mol. The van der Waals surface area contributed by atoms with Gasteiger partial charge in [-0.2, -0.15) is 0 Å². The maximum Gasteiger partial charge on any atom is 0.0163 e. The van der Waals surface area contributed by atoms with E-state index in [2.05, 4.69) is 23.0 Å². The van der Waals surface area contributed by atoms with E-state index < -0.39 is 0 Å². The van der Waals surface area contributed by atoms with E-state index in [0.29, 0.717) is 0 Å². The molecule has 0 unspecified atom stereocenters. The van der Waals surface area contributed by atoms with E-state index in [-0.39, 0.29) is 0 Å². The third kappa shape index (κ3) is 3.25. The zero-order valence-corrected chi connectivity index (χ0v) is 6.92. The molecule has 0 amide bonds. The first-order valence-electron chi connectivity index (χ1n) is 4.24. The van der Waals surface area contributed by atoms with Crippen LogP contribution in [0.2, 0.25) is 0 Å². The maximum atomic E-state index is 5.16. The summed E-state index contributed by atoms with van der Waals surface area (Å²) < 4.78 is 0. The molecule has 0 bridgehead atoms. The molecular formula is C10H15N. The highest BCUT2D eigenvalue weighted by molar-refractivity contribution is 4.91.